The monoisotopic (exact) mass is 817 g/mol. The number of ether oxygens (including phenoxy) is 1. The number of anilines is 3. The molecular weight excluding hydrogens is 775 g/mol. The lowest BCUT2D eigenvalue weighted by Crippen LogP contribution is -2.32. The van der Waals surface area contributed by atoms with E-state index in [9.17, 15) is 0 Å². The molecule has 0 saturated heterocycles. The van der Waals surface area contributed by atoms with Crippen LogP contribution in [0.4, 0.5) is 17.1 Å². The maximum absolute atomic E-state index is 6.68. The molecule has 1 heterocycles. The Bertz CT molecular complexity index is 3440. The van der Waals surface area contributed by atoms with Gasteiger partial charge in [-0.25, -0.2) is 0 Å². The second kappa shape index (κ2) is 13.8. The summed E-state index contributed by atoms with van der Waals surface area (Å²) in [6, 6.07) is 82.6. The van der Waals surface area contributed by atoms with Crippen LogP contribution in [0.5, 0.6) is 11.5 Å². The summed E-state index contributed by atoms with van der Waals surface area (Å²) in [4.78, 5) is 2.41. The number of benzene rings is 10. The predicted octanol–water partition coefficient (Wildman–Crippen LogP) is 16.4. The minimum Gasteiger partial charge on any atom is -0.457 e. The number of hydrogen-bond acceptors (Lipinski definition) is 2. The van der Waals surface area contributed by atoms with Gasteiger partial charge in [-0.15, -0.1) is 0 Å². The second-order valence-electron chi connectivity index (χ2n) is 18.0. The van der Waals surface area contributed by atoms with E-state index in [-0.39, 0.29) is 5.41 Å². The molecule has 0 aromatic heterocycles. The van der Waals surface area contributed by atoms with Crippen molar-refractivity contribution in [1.29, 1.82) is 0 Å². The third-order valence-corrected chi connectivity index (χ3v) is 14.3. The van der Waals surface area contributed by atoms with Crippen molar-refractivity contribution in [1.82, 2.24) is 0 Å². The smallest absolute Gasteiger partial charge is 0.132 e. The highest BCUT2D eigenvalue weighted by molar-refractivity contribution is 6.05. The minimum absolute atomic E-state index is 0.114. The summed E-state index contributed by atoms with van der Waals surface area (Å²) < 4.78 is 6.68. The molecule has 0 N–H and O–H groups in total. The van der Waals surface area contributed by atoms with Crippen LogP contribution in [0, 0.1) is 0 Å². The average Bonchev–Trinajstić information content (AvgIpc) is 3.77. The molecule has 2 aliphatic carbocycles. The minimum atomic E-state index is -0.556. The third kappa shape index (κ3) is 5.20. The summed E-state index contributed by atoms with van der Waals surface area (Å²) in [6.45, 7) is 4.71. The molecule has 1 aliphatic heterocycles. The van der Waals surface area contributed by atoms with Crippen molar-refractivity contribution >= 4 is 27.8 Å². The van der Waals surface area contributed by atoms with E-state index in [1.807, 2.05) is 0 Å². The van der Waals surface area contributed by atoms with E-state index in [4.69, 9.17) is 4.74 Å². The van der Waals surface area contributed by atoms with E-state index in [0.29, 0.717) is 0 Å². The van der Waals surface area contributed by atoms with Crippen molar-refractivity contribution in [2.75, 3.05) is 4.90 Å². The highest BCUT2D eigenvalue weighted by Crippen LogP contribution is 2.63. The van der Waals surface area contributed by atoms with Gasteiger partial charge in [0.25, 0.3) is 0 Å². The Morgan fingerprint density at radius 3 is 1.59 bits per heavy atom. The van der Waals surface area contributed by atoms with Crippen molar-refractivity contribution in [2.24, 2.45) is 0 Å². The SMILES string of the molecule is CC1(C)c2ccccc2-c2ccc(N(c3ccc(-c4ccccc4)cc3)c3ccc(-c4ccc5c(c4)C4(c6ccccc6Oc6ccccc64)c4ccc6ccccc6c4-5)cc3)cc21. The van der Waals surface area contributed by atoms with Crippen LogP contribution in [-0.2, 0) is 10.8 Å². The van der Waals surface area contributed by atoms with Gasteiger partial charge in [-0.1, -0.05) is 184 Å². The third-order valence-electron chi connectivity index (χ3n) is 14.3. The molecule has 13 rings (SSSR count). The number of nitrogens with zero attached hydrogens (tertiary/aromatic N) is 1. The van der Waals surface area contributed by atoms with Crippen molar-refractivity contribution in [2.45, 2.75) is 24.7 Å². The average molecular weight is 818 g/mol. The summed E-state index contributed by atoms with van der Waals surface area (Å²) in [6.07, 6.45) is 0. The lowest BCUT2D eigenvalue weighted by molar-refractivity contribution is 0.436. The van der Waals surface area contributed by atoms with Gasteiger partial charge in [0.15, 0.2) is 0 Å². The molecule has 3 aliphatic rings. The van der Waals surface area contributed by atoms with Crippen LogP contribution >= 0.6 is 0 Å². The van der Waals surface area contributed by atoms with Gasteiger partial charge in [0.05, 0.1) is 5.41 Å². The predicted molar refractivity (Wildman–Crippen MR) is 264 cm³/mol. The molecule has 2 heteroatoms. The van der Waals surface area contributed by atoms with Gasteiger partial charge in [0.1, 0.15) is 11.5 Å². The number of rotatable bonds is 5. The van der Waals surface area contributed by atoms with Crippen LogP contribution in [0.15, 0.2) is 224 Å². The Labute approximate surface area is 374 Å². The molecule has 0 saturated carbocycles. The number of hydrogen-bond donors (Lipinski definition) is 0. The van der Waals surface area contributed by atoms with Gasteiger partial charge < -0.3 is 9.64 Å². The van der Waals surface area contributed by atoms with Crippen LogP contribution in [0.3, 0.4) is 0 Å². The topological polar surface area (TPSA) is 12.5 Å². The maximum Gasteiger partial charge on any atom is 0.132 e. The summed E-state index contributed by atoms with van der Waals surface area (Å²) in [5, 5.41) is 2.51. The summed E-state index contributed by atoms with van der Waals surface area (Å²) in [5.41, 5.74) is 20.3. The van der Waals surface area contributed by atoms with Gasteiger partial charge in [-0.05, 0) is 132 Å². The summed E-state index contributed by atoms with van der Waals surface area (Å²) in [5.74, 6) is 1.80. The van der Waals surface area contributed by atoms with Crippen molar-refractivity contribution in [3.63, 3.8) is 0 Å². The standard InChI is InChI=1S/C62H43NO/c1-61(2)52-19-9-8-18-49(52)50-36-34-47(39-56(50)61)63(45-30-24-41(25-31-45)40-14-4-3-5-15-40)46-32-26-42(27-33-46)44-28-35-51-57(38-44)62(55-37-29-43-16-6-7-17-48(43)60(51)55)53-20-10-12-22-58(53)64-59-23-13-11-21-54(59)62/h3-39H,1-2H3. The molecule has 64 heavy (non-hydrogen) atoms. The van der Waals surface area contributed by atoms with Gasteiger partial charge in [-0.3, -0.25) is 0 Å². The van der Waals surface area contributed by atoms with Gasteiger partial charge in [-0.2, -0.15) is 0 Å². The molecule has 10 aromatic rings. The van der Waals surface area contributed by atoms with E-state index < -0.39 is 5.41 Å². The zero-order valence-corrected chi connectivity index (χ0v) is 35.7. The van der Waals surface area contributed by atoms with Crippen LogP contribution in [0.25, 0.3) is 55.3 Å². The molecule has 1 spiro atoms. The Morgan fingerprint density at radius 2 is 0.875 bits per heavy atom. The Balaban J connectivity index is 0.963. The van der Waals surface area contributed by atoms with Crippen molar-refractivity contribution < 1.29 is 4.74 Å². The molecule has 0 radical (unpaired) electrons. The molecule has 0 bridgehead atoms. The number of fused-ring (bicyclic) bond motifs is 14. The van der Waals surface area contributed by atoms with Crippen LogP contribution < -0.4 is 9.64 Å². The lowest BCUT2D eigenvalue weighted by Gasteiger charge is -2.39. The first-order chi connectivity index (χ1) is 31.5. The molecule has 2 nitrogen and oxygen atoms in total. The van der Waals surface area contributed by atoms with Gasteiger partial charge in [0.2, 0.25) is 0 Å². The van der Waals surface area contributed by atoms with E-state index in [1.165, 1.54) is 88.7 Å². The van der Waals surface area contributed by atoms with Crippen LogP contribution in [0.2, 0.25) is 0 Å². The largest absolute Gasteiger partial charge is 0.457 e. The fourth-order valence-electron chi connectivity index (χ4n) is 11.4. The first-order valence-corrected chi connectivity index (χ1v) is 22.3. The maximum atomic E-state index is 6.68. The quantitative estimate of drug-likeness (QED) is 0.172. The van der Waals surface area contributed by atoms with E-state index >= 15 is 0 Å². The van der Waals surface area contributed by atoms with Crippen LogP contribution in [-0.4, -0.2) is 0 Å². The summed E-state index contributed by atoms with van der Waals surface area (Å²) >= 11 is 0. The highest BCUT2D eigenvalue weighted by atomic mass is 16.5. The Morgan fingerprint density at radius 1 is 0.344 bits per heavy atom. The van der Waals surface area contributed by atoms with Crippen molar-refractivity contribution in [3.05, 3.63) is 258 Å². The first-order valence-electron chi connectivity index (χ1n) is 22.3. The van der Waals surface area contributed by atoms with Crippen molar-refractivity contribution in [3.8, 4) is 56.0 Å². The Hall–Kier alpha value is -7.94. The molecule has 0 fully saturated rings. The second-order valence-corrected chi connectivity index (χ2v) is 18.0. The fourth-order valence-corrected chi connectivity index (χ4v) is 11.4. The normalized spacial score (nSPS) is 14.2. The van der Waals surface area contributed by atoms with Gasteiger partial charge in [0, 0.05) is 33.6 Å². The molecule has 0 amide bonds. The molecule has 0 unspecified atom stereocenters. The van der Waals surface area contributed by atoms with Gasteiger partial charge >= 0.3 is 0 Å². The Kier molecular flexibility index (Phi) is 7.90. The van der Waals surface area contributed by atoms with E-state index in [2.05, 4.69) is 243 Å². The molecule has 10 aromatic carbocycles. The number of para-hydroxylation sites is 2. The lowest BCUT2D eigenvalue weighted by atomic mass is 9.66. The van der Waals surface area contributed by atoms with E-state index in [1.54, 1.807) is 0 Å². The molecule has 0 atom stereocenters. The molecular formula is C62H43NO. The highest BCUT2D eigenvalue weighted by Gasteiger charge is 2.51. The first kappa shape index (κ1) is 36.7. The van der Waals surface area contributed by atoms with Crippen LogP contribution in [0.1, 0.15) is 47.2 Å². The van der Waals surface area contributed by atoms with E-state index in [0.717, 1.165) is 28.6 Å². The zero-order chi connectivity index (χ0) is 42.6. The zero-order valence-electron chi connectivity index (χ0n) is 35.7. The summed E-state index contributed by atoms with van der Waals surface area (Å²) in [7, 11) is 0. The fraction of sp³-hybridized carbons (Fsp3) is 0.0645. The molecule has 302 valence electrons.